The molecular weight excluding hydrogens is 278 g/mol. The van der Waals surface area contributed by atoms with Crippen LogP contribution < -0.4 is 10.6 Å². The zero-order valence-electron chi connectivity index (χ0n) is 12.9. The monoisotopic (exact) mass is 299 g/mol. The minimum absolute atomic E-state index is 0.189. The van der Waals surface area contributed by atoms with Gasteiger partial charge in [-0.25, -0.2) is 4.98 Å². The standard InChI is InChI=1S/C16H21N5O/c1-3-21(2)12-11-19-15-14(5-4-8-18-15)16(22)20-13-6-9-17-10-7-13/h4-10H,3,11-12H2,1-2H3,(H,18,19)(H,17,20,22). The number of nitrogens with one attached hydrogen (secondary N) is 2. The minimum atomic E-state index is -0.189. The summed E-state index contributed by atoms with van der Waals surface area (Å²) < 4.78 is 0. The lowest BCUT2D eigenvalue weighted by atomic mass is 10.2. The normalized spacial score (nSPS) is 10.5. The molecule has 0 aliphatic carbocycles. The molecule has 0 radical (unpaired) electrons. The average molecular weight is 299 g/mol. The van der Waals surface area contributed by atoms with Crippen LogP contribution in [0.4, 0.5) is 11.5 Å². The number of amides is 1. The summed E-state index contributed by atoms with van der Waals surface area (Å²) in [6.07, 6.45) is 4.95. The fourth-order valence-electron chi connectivity index (χ4n) is 1.89. The van der Waals surface area contributed by atoms with Crippen LogP contribution >= 0.6 is 0 Å². The molecule has 0 atom stereocenters. The van der Waals surface area contributed by atoms with E-state index in [0.717, 1.165) is 19.6 Å². The van der Waals surface area contributed by atoms with Gasteiger partial charge in [0.25, 0.3) is 5.91 Å². The SMILES string of the molecule is CCN(C)CCNc1ncccc1C(=O)Nc1ccncc1. The van der Waals surface area contributed by atoms with Crippen molar-refractivity contribution >= 4 is 17.4 Å². The first kappa shape index (κ1) is 15.9. The average Bonchev–Trinajstić information content (AvgIpc) is 2.56. The van der Waals surface area contributed by atoms with E-state index in [0.29, 0.717) is 17.1 Å². The van der Waals surface area contributed by atoms with Gasteiger partial charge < -0.3 is 15.5 Å². The van der Waals surface area contributed by atoms with E-state index < -0.39 is 0 Å². The number of carbonyl (C=O) groups is 1. The van der Waals surface area contributed by atoms with Crippen molar-refractivity contribution in [3.63, 3.8) is 0 Å². The molecule has 0 spiro atoms. The van der Waals surface area contributed by atoms with Gasteiger partial charge in [-0.05, 0) is 37.9 Å². The van der Waals surface area contributed by atoms with Crippen LogP contribution in [0.25, 0.3) is 0 Å². The second-order valence-corrected chi connectivity index (χ2v) is 4.91. The Hall–Kier alpha value is -2.47. The van der Waals surface area contributed by atoms with E-state index in [1.165, 1.54) is 0 Å². The molecule has 2 rings (SSSR count). The van der Waals surface area contributed by atoms with Gasteiger partial charge in [-0.1, -0.05) is 6.92 Å². The van der Waals surface area contributed by atoms with Gasteiger partial charge in [0.2, 0.25) is 0 Å². The maximum absolute atomic E-state index is 12.4. The van der Waals surface area contributed by atoms with E-state index in [4.69, 9.17) is 0 Å². The topological polar surface area (TPSA) is 70.2 Å². The molecule has 2 aromatic rings. The number of hydrogen-bond donors (Lipinski definition) is 2. The van der Waals surface area contributed by atoms with Crippen molar-refractivity contribution in [2.75, 3.05) is 37.3 Å². The molecular formula is C16H21N5O. The Labute approximate surface area is 130 Å². The largest absolute Gasteiger partial charge is 0.368 e. The molecule has 116 valence electrons. The van der Waals surface area contributed by atoms with Crippen LogP contribution in [0.15, 0.2) is 42.9 Å². The molecule has 2 heterocycles. The Balaban J connectivity index is 2.02. The zero-order valence-corrected chi connectivity index (χ0v) is 12.9. The Kier molecular flexibility index (Phi) is 5.85. The van der Waals surface area contributed by atoms with E-state index in [2.05, 4.69) is 39.5 Å². The van der Waals surface area contributed by atoms with Crippen LogP contribution in [0.5, 0.6) is 0 Å². The summed E-state index contributed by atoms with van der Waals surface area (Å²) in [5.41, 5.74) is 1.24. The molecule has 0 aromatic carbocycles. The summed E-state index contributed by atoms with van der Waals surface area (Å²) in [5.74, 6) is 0.407. The van der Waals surface area contributed by atoms with Gasteiger partial charge in [0.1, 0.15) is 5.82 Å². The van der Waals surface area contributed by atoms with Crippen LogP contribution in [-0.2, 0) is 0 Å². The Morgan fingerprint density at radius 2 is 2.00 bits per heavy atom. The van der Waals surface area contributed by atoms with Gasteiger partial charge in [-0.3, -0.25) is 9.78 Å². The molecule has 0 fully saturated rings. The Bertz CT molecular complexity index is 602. The zero-order chi connectivity index (χ0) is 15.8. The van der Waals surface area contributed by atoms with Gasteiger partial charge in [0.15, 0.2) is 0 Å². The van der Waals surface area contributed by atoms with E-state index in [9.17, 15) is 4.79 Å². The summed E-state index contributed by atoms with van der Waals surface area (Å²) in [6.45, 7) is 4.71. The summed E-state index contributed by atoms with van der Waals surface area (Å²) in [6, 6.07) is 7.01. The third-order valence-corrected chi connectivity index (χ3v) is 3.32. The lowest BCUT2D eigenvalue weighted by Gasteiger charge is -2.15. The van der Waals surface area contributed by atoms with E-state index in [1.54, 1.807) is 42.9 Å². The van der Waals surface area contributed by atoms with Crippen molar-refractivity contribution in [2.45, 2.75) is 6.92 Å². The molecule has 22 heavy (non-hydrogen) atoms. The van der Waals surface area contributed by atoms with Crippen LogP contribution in [0.3, 0.4) is 0 Å². The molecule has 0 saturated carbocycles. The Morgan fingerprint density at radius 1 is 1.23 bits per heavy atom. The third-order valence-electron chi connectivity index (χ3n) is 3.32. The third kappa shape index (κ3) is 4.53. The minimum Gasteiger partial charge on any atom is -0.368 e. The molecule has 0 saturated heterocycles. The molecule has 0 bridgehead atoms. The number of hydrogen-bond acceptors (Lipinski definition) is 5. The van der Waals surface area contributed by atoms with Crippen molar-refractivity contribution in [3.8, 4) is 0 Å². The molecule has 2 aromatic heterocycles. The Morgan fingerprint density at radius 3 is 2.73 bits per heavy atom. The highest BCUT2D eigenvalue weighted by atomic mass is 16.1. The highest BCUT2D eigenvalue weighted by Crippen LogP contribution is 2.14. The highest BCUT2D eigenvalue weighted by Gasteiger charge is 2.12. The highest BCUT2D eigenvalue weighted by molar-refractivity contribution is 6.07. The summed E-state index contributed by atoms with van der Waals surface area (Å²) in [7, 11) is 2.05. The van der Waals surface area contributed by atoms with E-state index in [-0.39, 0.29) is 5.91 Å². The molecule has 6 nitrogen and oxygen atoms in total. The first-order valence-corrected chi connectivity index (χ1v) is 7.29. The molecule has 0 aliphatic heterocycles. The number of anilines is 2. The predicted octanol–water partition coefficient (Wildman–Crippen LogP) is 2.09. The van der Waals surface area contributed by atoms with Gasteiger partial charge in [-0.15, -0.1) is 0 Å². The fraction of sp³-hybridized carbons (Fsp3) is 0.312. The lowest BCUT2D eigenvalue weighted by molar-refractivity contribution is 0.102. The van der Waals surface area contributed by atoms with Crippen molar-refractivity contribution in [2.24, 2.45) is 0 Å². The number of pyridine rings is 2. The van der Waals surface area contributed by atoms with Crippen LogP contribution in [-0.4, -0.2) is 47.5 Å². The smallest absolute Gasteiger partial charge is 0.259 e. The van der Waals surface area contributed by atoms with E-state index >= 15 is 0 Å². The van der Waals surface area contributed by atoms with E-state index in [1.807, 2.05) is 0 Å². The van der Waals surface area contributed by atoms with Gasteiger partial charge in [0.05, 0.1) is 5.56 Å². The van der Waals surface area contributed by atoms with Crippen molar-refractivity contribution in [1.82, 2.24) is 14.9 Å². The fourth-order valence-corrected chi connectivity index (χ4v) is 1.89. The molecule has 0 unspecified atom stereocenters. The molecule has 6 heteroatoms. The molecule has 2 N–H and O–H groups in total. The quantitative estimate of drug-likeness (QED) is 0.819. The number of aromatic nitrogens is 2. The number of likely N-dealkylation sites (N-methyl/N-ethyl adjacent to an activating group) is 1. The molecule has 1 amide bonds. The maximum atomic E-state index is 12.4. The second-order valence-electron chi connectivity index (χ2n) is 4.91. The van der Waals surface area contributed by atoms with Crippen molar-refractivity contribution < 1.29 is 4.79 Å². The summed E-state index contributed by atoms with van der Waals surface area (Å²) in [4.78, 5) is 22.7. The van der Waals surface area contributed by atoms with Crippen LogP contribution in [0, 0.1) is 0 Å². The number of rotatable bonds is 7. The maximum Gasteiger partial charge on any atom is 0.259 e. The second kappa shape index (κ2) is 8.09. The number of nitrogens with zero attached hydrogens (tertiary/aromatic N) is 3. The number of carbonyl (C=O) groups excluding carboxylic acids is 1. The van der Waals surface area contributed by atoms with Gasteiger partial charge in [-0.2, -0.15) is 0 Å². The van der Waals surface area contributed by atoms with Crippen molar-refractivity contribution in [3.05, 3.63) is 48.4 Å². The first-order chi connectivity index (χ1) is 10.7. The van der Waals surface area contributed by atoms with Crippen molar-refractivity contribution in [1.29, 1.82) is 0 Å². The summed E-state index contributed by atoms with van der Waals surface area (Å²) >= 11 is 0. The lowest BCUT2D eigenvalue weighted by Crippen LogP contribution is -2.25. The summed E-state index contributed by atoms with van der Waals surface area (Å²) in [5, 5.41) is 6.06. The van der Waals surface area contributed by atoms with Crippen LogP contribution in [0.2, 0.25) is 0 Å². The molecule has 0 aliphatic rings. The van der Waals surface area contributed by atoms with Gasteiger partial charge >= 0.3 is 0 Å². The van der Waals surface area contributed by atoms with Crippen LogP contribution in [0.1, 0.15) is 17.3 Å². The first-order valence-electron chi connectivity index (χ1n) is 7.29. The van der Waals surface area contributed by atoms with Gasteiger partial charge in [0, 0.05) is 37.4 Å². The predicted molar refractivity (Wildman–Crippen MR) is 88.1 cm³/mol.